The number of halogens is 1. The molecule has 2 atom stereocenters. The molecule has 2 aromatic carbocycles. The van der Waals surface area contributed by atoms with Crippen molar-refractivity contribution < 1.29 is 13.9 Å². The van der Waals surface area contributed by atoms with Crippen molar-refractivity contribution in [3.63, 3.8) is 0 Å². The van der Waals surface area contributed by atoms with Gasteiger partial charge in [0, 0.05) is 31.2 Å². The van der Waals surface area contributed by atoms with E-state index < -0.39 is 0 Å². The number of methoxy groups -OCH3 is 1. The van der Waals surface area contributed by atoms with Gasteiger partial charge < -0.3 is 15.4 Å². The molecular formula is C21H26FN3O2. The van der Waals surface area contributed by atoms with Crippen LogP contribution >= 0.6 is 0 Å². The molecule has 6 heteroatoms. The lowest BCUT2D eigenvalue weighted by atomic mass is 10.0. The predicted octanol–water partition coefficient (Wildman–Crippen LogP) is 2.66. The second kappa shape index (κ2) is 8.97. The summed E-state index contributed by atoms with van der Waals surface area (Å²) in [5.41, 5.74) is 1.82. The standard InChI is InChI=1S/C21H26FN3O2/c1-15(18-8-3-4-9-20(18)27-2)24-21(26)14-25-11-10-23-13-19(25)16-6-5-7-17(22)12-16/h3-9,12,15,19,23H,10-11,13-14H2,1-2H3,(H,24,26). The number of nitrogens with zero attached hydrogens (tertiary/aromatic N) is 1. The van der Waals surface area contributed by atoms with Crippen LogP contribution in [0.4, 0.5) is 4.39 Å². The lowest BCUT2D eigenvalue weighted by Crippen LogP contribution is -2.49. The molecule has 1 aliphatic rings. The van der Waals surface area contributed by atoms with Crippen LogP contribution in [-0.2, 0) is 4.79 Å². The lowest BCUT2D eigenvalue weighted by Gasteiger charge is -2.36. The zero-order chi connectivity index (χ0) is 19.2. The molecule has 0 aliphatic carbocycles. The number of nitrogens with one attached hydrogen (secondary N) is 2. The van der Waals surface area contributed by atoms with Crippen molar-refractivity contribution in [2.24, 2.45) is 0 Å². The van der Waals surface area contributed by atoms with Gasteiger partial charge in [-0.3, -0.25) is 9.69 Å². The number of hydrogen-bond donors (Lipinski definition) is 2. The molecule has 0 spiro atoms. The van der Waals surface area contributed by atoms with E-state index in [0.29, 0.717) is 6.54 Å². The van der Waals surface area contributed by atoms with Gasteiger partial charge in [0.2, 0.25) is 5.91 Å². The molecule has 2 N–H and O–H groups in total. The van der Waals surface area contributed by atoms with E-state index in [1.807, 2.05) is 37.3 Å². The largest absolute Gasteiger partial charge is 0.496 e. The number of rotatable bonds is 6. The molecule has 2 unspecified atom stereocenters. The molecule has 5 nitrogen and oxygen atoms in total. The van der Waals surface area contributed by atoms with E-state index in [9.17, 15) is 9.18 Å². The van der Waals surface area contributed by atoms with Gasteiger partial charge in [0.05, 0.1) is 19.7 Å². The second-order valence-electron chi connectivity index (χ2n) is 6.78. The van der Waals surface area contributed by atoms with E-state index in [1.54, 1.807) is 19.2 Å². The van der Waals surface area contributed by atoms with E-state index in [2.05, 4.69) is 15.5 Å². The summed E-state index contributed by atoms with van der Waals surface area (Å²) in [6.07, 6.45) is 0. The van der Waals surface area contributed by atoms with Gasteiger partial charge >= 0.3 is 0 Å². The van der Waals surface area contributed by atoms with Crippen LogP contribution in [0.1, 0.15) is 30.1 Å². The number of amides is 1. The minimum Gasteiger partial charge on any atom is -0.496 e. The van der Waals surface area contributed by atoms with Crippen molar-refractivity contribution in [2.75, 3.05) is 33.3 Å². The molecular weight excluding hydrogens is 345 g/mol. The summed E-state index contributed by atoms with van der Waals surface area (Å²) in [5, 5.41) is 6.37. The highest BCUT2D eigenvalue weighted by molar-refractivity contribution is 5.78. The van der Waals surface area contributed by atoms with Gasteiger partial charge in [-0.05, 0) is 30.7 Å². The first-order valence-corrected chi connectivity index (χ1v) is 9.21. The zero-order valence-electron chi connectivity index (χ0n) is 15.7. The molecule has 1 saturated heterocycles. The molecule has 27 heavy (non-hydrogen) atoms. The van der Waals surface area contributed by atoms with Gasteiger partial charge in [-0.1, -0.05) is 30.3 Å². The van der Waals surface area contributed by atoms with Crippen molar-refractivity contribution in [1.82, 2.24) is 15.5 Å². The lowest BCUT2D eigenvalue weighted by molar-refractivity contribution is -0.123. The number of hydrogen-bond acceptors (Lipinski definition) is 4. The monoisotopic (exact) mass is 371 g/mol. The molecule has 1 amide bonds. The number of para-hydroxylation sites is 1. The normalized spacial score (nSPS) is 18.7. The highest BCUT2D eigenvalue weighted by Crippen LogP contribution is 2.25. The Bertz CT molecular complexity index is 784. The van der Waals surface area contributed by atoms with E-state index >= 15 is 0 Å². The van der Waals surface area contributed by atoms with Crippen LogP contribution < -0.4 is 15.4 Å². The molecule has 0 radical (unpaired) electrons. The topological polar surface area (TPSA) is 53.6 Å². The summed E-state index contributed by atoms with van der Waals surface area (Å²) < 4.78 is 19.0. The Hall–Kier alpha value is -2.44. The summed E-state index contributed by atoms with van der Waals surface area (Å²) in [7, 11) is 1.62. The average molecular weight is 371 g/mol. The van der Waals surface area contributed by atoms with Gasteiger partial charge in [0.15, 0.2) is 0 Å². The quantitative estimate of drug-likeness (QED) is 0.820. The van der Waals surface area contributed by atoms with Gasteiger partial charge in [-0.25, -0.2) is 4.39 Å². The highest BCUT2D eigenvalue weighted by Gasteiger charge is 2.26. The molecule has 144 valence electrons. The fourth-order valence-electron chi connectivity index (χ4n) is 3.55. The fraction of sp³-hybridized carbons (Fsp3) is 0.381. The SMILES string of the molecule is COc1ccccc1C(C)NC(=O)CN1CCNCC1c1cccc(F)c1. The van der Waals surface area contributed by atoms with Gasteiger partial charge in [-0.15, -0.1) is 0 Å². The first-order valence-electron chi connectivity index (χ1n) is 9.21. The van der Waals surface area contributed by atoms with Gasteiger partial charge in [-0.2, -0.15) is 0 Å². The Morgan fingerprint density at radius 2 is 2.15 bits per heavy atom. The first-order chi connectivity index (χ1) is 13.1. The van der Waals surface area contributed by atoms with Crippen molar-refractivity contribution in [3.8, 4) is 5.75 Å². The summed E-state index contributed by atoms with van der Waals surface area (Å²) in [5.74, 6) is 0.439. The molecule has 0 saturated carbocycles. The molecule has 0 aromatic heterocycles. The van der Waals surface area contributed by atoms with Crippen molar-refractivity contribution in [1.29, 1.82) is 0 Å². The average Bonchev–Trinajstić information content (AvgIpc) is 2.68. The number of benzene rings is 2. The Balaban J connectivity index is 1.66. The Morgan fingerprint density at radius 1 is 1.33 bits per heavy atom. The maximum Gasteiger partial charge on any atom is 0.234 e. The van der Waals surface area contributed by atoms with Crippen LogP contribution in [0.2, 0.25) is 0 Å². The smallest absolute Gasteiger partial charge is 0.234 e. The minimum absolute atomic E-state index is 0.0261. The maximum absolute atomic E-state index is 13.6. The third kappa shape index (κ3) is 4.84. The minimum atomic E-state index is -0.257. The summed E-state index contributed by atoms with van der Waals surface area (Å²) in [6.45, 7) is 4.44. The predicted molar refractivity (Wildman–Crippen MR) is 103 cm³/mol. The Labute approximate surface area is 159 Å². The fourth-order valence-corrected chi connectivity index (χ4v) is 3.55. The van der Waals surface area contributed by atoms with Crippen LogP contribution in [0.3, 0.4) is 0 Å². The van der Waals surface area contributed by atoms with E-state index in [-0.39, 0.29) is 30.4 Å². The summed E-state index contributed by atoms with van der Waals surface area (Å²) in [6, 6.07) is 14.1. The van der Waals surface area contributed by atoms with E-state index in [4.69, 9.17) is 4.74 Å². The Morgan fingerprint density at radius 3 is 2.93 bits per heavy atom. The van der Waals surface area contributed by atoms with Crippen LogP contribution in [0, 0.1) is 5.82 Å². The second-order valence-corrected chi connectivity index (χ2v) is 6.78. The van der Waals surface area contributed by atoms with Crippen LogP contribution in [0.25, 0.3) is 0 Å². The Kier molecular flexibility index (Phi) is 6.42. The molecule has 0 bridgehead atoms. The number of ether oxygens (including phenoxy) is 1. The van der Waals surface area contributed by atoms with Crippen LogP contribution in [0.5, 0.6) is 5.75 Å². The number of carbonyl (C=O) groups is 1. The molecule has 2 aromatic rings. The number of carbonyl (C=O) groups excluding carboxylic acids is 1. The highest BCUT2D eigenvalue weighted by atomic mass is 19.1. The summed E-state index contributed by atoms with van der Waals surface area (Å²) in [4.78, 5) is 14.7. The zero-order valence-corrected chi connectivity index (χ0v) is 15.7. The molecule has 1 heterocycles. The van der Waals surface area contributed by atoms with Crippen LogP contribution in [0.15, 0.2) is 48.5 Å². The molecule has 1 aliphatic heterocycles. The summed E-state index contributed by atoms with van der Waals surface area (Å²) >= 11 is 0. The third-order valence-corrected chi connectivity index (χ3v) is 4.92. The van der Waals surface area contributed by atoms with Crippen LogP contribution in [-0.4, -0.2) is 44.1 Å². The van der Waals surface area contributed by atoms with Crippen molar-refractivity contribution >= 4 is 5.91 Å². The van der Waals surface area contributed by atoms with Crippen molar-refractivity contribution in [3.05, 3.63) is 65.5 Å². The van der Waals surface area contributed by atoms with Gasteiger partial charge in [0.1, 0.15) is 11.6 Å². The third-order valence-electron chi connectivity index (χ3n) is 4.92. The molecule has 1 fully saturated rings. The maximum atomic E-state index is 13.6. The van der Waals surface area contributed by atoms with Crippen molar-refractivity contribution in [2.45, 2.75) is 19.0 Å². The first kappa shape index (κ1) is 19.3. The van der Waals surface area contributed by atoms with E-state index in [1.165, 1.54) is 6.07 Å². The molecule has 3 rings (SSSR count). The number of piperazine rings is 1. The van der Waals surface area contributed by atoms with Gasteiger partial charge in [0.25, 0.3) is 0 Å². The van der Waals surface area contributed by atoms with E-state index in [0.717, 1.165) is 30.0 Å².